The summed E-state index contributed by atoms with van der Waals surface area (Å²) in [6, 6.07) is 2.40. The number of rotatable bonds is 0. The molecule has 0 saturated carbocycles. The van der Waals surface area contributed by atoms with Crippen molar-refractivity contribution >= 4 is 5.65 Å². The second-order valence-corrected chi connectivity index (χ2v) is 2.88. The lowest BCUT2D eigenvalue weighted by Crippen LogP contribution is -2.12. The zero-order valence-corrected chi connectivity index (χ0v) is 9.21. The summed E-state index contributed by atoms with van der Waals surface area (Å²) in [7, 11) is 0. The Morgan fingerprint density at radius 1 is 1.25 bits per heavy atom. The lowest BCUT2D eigenvalue weighted by atomic mass is 10.4. The van der Waals surface area contributed by atoms with Gasteiger partial charge in [-0.25, -0.2) is 9.50 Å². The molecule has 0 atom stereocenters. The van der Waals surface area contributed by atoms with Crippen molar-refractivity contribution in [3.05, 3.63) is 29.7 Å². The molecule has 0 aliphatic heterocycles. The minimum absolute atomic E-state index is 0.206. The lowest BCUT2D eigenvalue weighted by Gasteiger charge is -2.07. The monoisotopic (exact) mass is 231 g/mol. The van der Waals surface area contributed by atoms with Gasteiger partial charge in [0.1, 0.15) is 5.69 Å². The highest BCUT2D eigenvalue weighted by Crippen LogP contribution is 2.28. The summed E-state index contributed by atoms with van der Waals surface area (Å²) in [5.74, 6) is 0. The minimum atomic E-state index is -4.40. The van der Waals surface area contributed by atoms with Gasteiger partial charge in [-0.05, 0) is 13.0 Å². The van der Waals surface area contributed by atoms with Gasteiger partial charge in [-0.3, -0.25) is 0 Å². The van der Waals surface area contributed by atoms with E-state index in [1.165, 1.54) is 6.07 Å². The van der Waals surface area contributed by atoms with E-state index in [0.29, 0.717) is 5.69 Å². The van der Waals surface area contributed by atoms with Crippen LogP contribution in [0.1, 0.15) is 25.2 Å². The molecule has 3 nitrogen and oxygen atoms in total. The summed E-state index contributed by atoms with van der Waals surface area (Å²) in [6.07, 6.45) is -3.28. The van der Waals surface area contributed by atoms with Gasteiger partial charge in [0, 0.05) is 12.3 Å². The molecule has 6 heteroatoms. The fraction of sp³-hybridized carbons (Fsp3) is 0.400. The van der Waals surface area contributed by atoms with Gasteiger partial charge in [0.05, 0.1) is 5.69 Å². The fourth-order valence-electron chi connectivity index (χ4n) is 1.22. The highest BCUT2D eigenvalue weighted by Gasteiger charge is 2.34. The van der Waals surface area contributed by atoms with Crippen LogP contribution in [0, 0.1) is 6.92 Å². The van der Waals surface area contributed by atoms with Gasteiger partial charge < -0.3 is 0 Å². The summed E-state index contributed by atoms with van der Waals surface area (Å²) in [6.45, 7) is 5.62. The average Bonchev–Trinajstić information content (AvgIpc) is 2.58. The van der Waals surface area contributed by atoms with Crippen molar-refractivity contribution in [2.45, 2.75) is 26.9 Å². The van der Waals surface area contributed by atoms with Crippen LogP contribution in [0.4, 0.5) is 13.2 Å². The number of hydrogen-bond acceptors (Lipinski definition) is 2. The van der Waals surface area contributed by atoms with Crippen LogP contribution >= 0.6 is 0 Å². The largest absolute Gasteiger partial charge is 0.433 e. The highest BCUT2D eigenvalue weighted by atomic mass is 19.4. The van der Waals surface area contributed by atoms with Crippen LogP contribution in [0.15, 0.2) is 18.3 Å². The maximum atomic E-state index is 12.4. The number of aryl methyl sites for hydroxylation is 1. The van der Waals surface area contributed by atoms with Crippen molar-refractivity contribution in [2.24, 2.45) is 0 Å². The number of halogens is 3. The quantitative estimate of drug-likeness (QED) is 0.697. The molecule has 0 spiro atoms. The molecule has 2 aromatic rings. The molecule has 0 aromatic carbocycles. The second kappa shape index (κ2) is 4.51. The van der Waals surface area contributed by atoms with E-state index in [-0.39, 0.29) is 5.65 Å². The third kappa shape index (κ3) is 2.32. The fourth-order valence-corrected chi connectivity index (χ4v) is 1.22. The normalized spacial score (nSPS) is 11.1. The third-order valence-electron chi connectivity index (χ3n) is 1.77. The molecule has 2 aromatic heterocycles. The smallest absolute Gasteiger partial charge is 0.237 e. The molecule has 0 unspecified atom stereocenters. The SMILES string of the molecule is CC.Cc1cc2nccc(C(F)(F)F)n2n1. The molecule has 0 aliphatic carbocycles. The van der Waals surface area contributed by atoms with E-state index in [1.807, 2.05) is 13.8 Å². The Kier molecular flexibility index (Phi) is 3.51. The molecule has 0 fully saturated rings. The summed E-state index contributed by atoms with van der Waals surface area (Å²) in [4.78, 5) is 3.78. The average molecular weight is 231 g/mol. The first-order chi connectivity index (χ1) is 7.48. The van der Waals surface area contributed by atoms with Crippen molar-refractivity contribution in [2.75, 3.05) is 0 Å². The summed E-state index contributed by atoms with van der Waals surface area (Å²) >= 11 is 0. The van der Waals surface area contributed by atoms with Gasteiger partial charge in [0.25, 0.3) is 0 Å². The van der Waals surface area contributed by atoms with Crippen LogP contribution in [0.25, 0.3) is 5.65 Å². The second-order valence-electron chi connectivity index (χ2n) is 2.88. The maximum Gasteiger partial charge on any atom is 0.433 e. The van der Waals surface area contributed by atoms with Crippen LogP contribution in [-0.4, -0.2) is 14.6 Å². The topological polar surface area (TPSA) is 30.2 Å². The van der Waals surface area contributed by atoms with Crippen molar-refractivity contribution in [3.8, 4) is 0 Å². The Hall–Kier alpha value is -1.59. The van der Waals surface area contributed by atoms with Crippen LogP contribution in [0.5, 0.6) is 0 Å². The minimum Gasteiger partial charge on any atom is -0.237 e. The number of fused-ring (bicyclic) bond motifs is 1. The van der Waals surface area contributed by atoms with Gasteiger partial charge in [-0.2, -0.15) is 18.3 Å². The Bertz CT molecular complexity index is 474. The predicted molar refractivity (Wildman–Crippen MR) is 54.1 cm³/mol. The first kappa shape index (κ1) is 12.5. The van der Waals surface area contributed by atoms with E-state index in [9.17, 15) is 13.2 Å². The van der Waals surface area contributed by atoms with Crippen molar-refractivity contribution in [1.82, 2.24) is 14.6 Å². The lowest BCUT2D eigenvalue weighted by molar-refractivity contribution is -0.142. The predicted octanol–water partition coefficient (Wildman–Crippen LogP) is 3.08. The Morgan fingerprint density at radius 3 is 2.44 bits per heavy atom. The summed E-state index contributed by atoms with van der Waals surface area (Å²) < 4.78 is 38.1. The molecule has 0 N–H and O–H groups in total. The highest BCUT2D eigenvalue weighted by molar-refractivity contribution is 5.40. The molecule has 2 rings (SSSR count). The Balaban J connectivity index is 0.000000606. The van der Waals surface area contributed by atoms with E-state index in [4.69, 9.17) is 0 Å². The van der Waals surface area contributed by atoms with E-state index in [1.54, 1.807) is 6.92 Å². The number of hydrogen-bond donors (Lipinski definition) is 0. The maximum absolute atomic E-state index is 12.4. The van der Waals surface area contributed by atoms with Crippen molar-refractivity contribution < 1.29 is 13.2 Å². The van der Waals surface area contributed by atoms with Gasteiger partial charge in [0.2, 0.25) is 0 Å². The zero-order chi connectivity index (χ0) is 12.3. The van der Waals surface area contributed by atoms with Gasteiger partial charge in [0.15, 0.2) is 5.65 Å². The van der Waals surface area contributed by atoms with Crippen molar-refractivity contribution in [1.29, 1.82) is 0 Å². The van der Waals surface area contributed by atoms with Gasteiger partial charge >= 0.3 is 6.18 Å². The summed E-state index contributed by atoms with van der Waals surface area (Å²) in [5.41, 5.74) is -0.0953. The first-order valence-corrected chi connectivity index (χ1v) is 4.87. The molecule has 0 bridgehead atoms. The molecule has 2 heterocycles. The molecular formula is C10H12F3N3. The summed E-state index contributed by atoms with van der Waals surface area (Å²) in [5, 5.41) is 3.71. The van der Waals surface area contributed by atoms with Crippen LogP contribution in [0.3, 0.4) is 0 Å². The first-order valence-electron chi connectivity index (χ1n) is 4.87. The van der Waals surface area contributed by atoms with Crippen molar-refractivity contribution in [3.63, 3.8) is 0 Å². The standard InChI is InChI=1S/C8H6F3N3.C2H6/c1-5-4-7-12-3-2-6(8(9,10)11)14(7)13-5;1-2/h2-4H,1H3;1-2H3. The molecule has 0 aliphatic rings. The molecule has 16 heavy (non-hydrogen) atoms. The van der Waals surface area contributed by atoms with Crippen LogP contribution in [-0.2, 0) is 6.18 Å². The van der Waals surface area contributed by atoms with E-state index in [2.05, 4.69) is 10.1 Å². The zero-order valence-electron chi connectivity index (χ0n) is 9.21. The molecule has 88 valence electrons. The third-order valence-corrected chi connectivity index (χ3v) is 1.77. The number of nitrogens with zero attached hydrogens (tertiary/aromatic N) is 3. The van der Waals surface area contributed by atoms with E-state index >= 15 is 0 Å². The number of aromatic nitrogens is 3. The molecular weight excluding hydrogens is 219 g/mol. The Morgan fingerprint density at radius 2 is 1.88 bits per heavy atom. The Labute approximate surface area is 90.9 Å². The van der Waals surface area contributed by atoms with E-state index in [0.717, 1.165) is 16.8 Å². The van der Waals surface area contributed by atoms with E-state index < -0.39 is 11.9 Å². The van der Waals surface area contributed by atoms with Gasteiger partial charge in [-0.1, -0.05) is 13.8 Å². The molecule has 0 amide bonds. The van der Waals surface area contributed by atoms with Crippen LogP contribution < -0.4 is 0 Å². The van der Waals surface area contributed by atoms with Crippen LogP contribution in [0.2, 0.25) is 0 Å². The van der Waals surface area contributed by atoms with Gasteiger partial charge in [-0.15, -0.1) is 0 Å². The number of alkyl halides is 3. The molecule has 0 saturated heterocycles. The molecule has 0 radical (unpaired) electrons.